The molecule has 0 unspecified atom stereocenters. The number of aryl methyl sites for hydroxylation is 2. The zero-order valence-corrected chi connectivity index (χ0v) is 12.1. The van der Waals surface area contributed by atoms with Crippen LogP contribution in [-0.2, 0) is 13.7 Å². The highest BCUT2D eigenvalue weighted by Crippen LogP contribution is 2.29. The van der Waals surface area contributed by atoms with Gasteiger partial charge in [-0.05, 0) is 19.1 Å². The van der Waals surface area contributed by atoms with Crippen LogP contribution in [0.15, 0.2) is 18.2 Å². The number of benzene rings is 1. The lowest BCUT2D eigenvalue weighted by Crippen LogP contribution is -2.03. The first-order valence-corrected chi connectivity index (χ1v) is 6.38. The molecule has 0 bridgehead atoms. The molecule has 96 valence electrons. The molecule has 0 aliphatic heterocycles. The molecular weight excluding hydrogens is 295 g/mol. The molecule has 0 atom stereocenters. The van der Waals surface area contributed by atoms with Crippen LogP contribution >= 0.6 is 34.8 Å². The monoisotopic (exact) mass is 304 g/mol. The number of aromatic nitrogens is 2. The van der Waals surface area contributed by atoms with Gasteiger partial charge in [0.15, 0.2) is 0 Å². The molecule has 1 heterocycles. The lowest BCUT2D eigenvalue weighted by atomic mass is 10.3. The third-order valence-corrected chi connectivity index (χ3v) is 3.56. The van der Waals surface area contributed by atoms with Crippen molar-refractivity contribution in [1.82, 2.24) is 9.78 Å². The van der Waals surface area contributed by atoms with E-state index in [0.717, 1.165) is 11.4 Å². The third-order valence-electron chi connectivity index (χ3n) is 2.52. The Bertz CT molecular complexity index is 581. The summed E-state index contributed by atoms with van der Waals surface area (Å²) in [4.78, 5) is 0. The first-order valence-electron chi connectivity index (χ1n) is 5.25. The summed E-state index contributed by atoms with van der Waals surface area (Å²) in [7, 11) is 1.82. The van der Waals surface area contributed by atoms with Crippen LogP contribution in [0.2, 0.25) is 15.1 Å². The highest BCUT2D eigenvalue weighted by atomic mass is 35.5. The van der Waals surface area contributed by atoms with E-state index >= 15 is 0 Å². The van der Waals surface area contributed by atoms with Crippen molar-refractivity contribution in [3.8, 4) is 5.75 Å². The molecular formula is C12H11Cl3N2O. The van der Waals surface area contributed by atoms with E-state index in [0.29, 0.717) is 20.8 Å². The fourth-order valence-corrected chi connectivity index (χ4v) is 2.12. The molecule has 0 spiro atoms. The summed E-state index contributed by atoms with van der Waals surface area (Å²) in [6.45, 7) is 2.13. The van der Waals surface area contributed by atoms with Crippen molar-refractivity contribution in [3.63, 3.8) is 0 Å². The van der Waals surface area contributed by atoms with Gasteiger partial charge in [-0.2, -0.15) is 5.10 Å². The van der Waals surface area contributed by atoms with Crippen molar-refractivity contribution in [2.75, 3.05) is 0 Å². The topological polar surface area (TPSA) is 27.1 Å². The number of ether oxygens (including phenoxy) is 1. The number of hydrogen-bond acceptors (Lipinski definition) is 2. The van der Waals surface area contributed by atoms with Gasteiger partial charge >= 0.3 is 0 Å². The van der Waals surface area contributed by atoms with Gasteiger partial charge in [0.2, 0.25) is 0 Å². The van der Waals surface area contributed by atoms with Gasteiger partial charge < -0.3 is 4.74 Å². The molecule has 2 aromatic rings. The van der Waals surface area contributed by atoms with Crippen LogP contribution in [0.1, 0.15) is 11.4 Å². The largest absolute Gasteiger partial charge is 0.486 e. The van der Waals surface area contributed by atoms with Crippen molar-refractivity contribution in [2.45, 2.75) is 13.5 Å². The van der Waals surface area contributed by atoms with Crippen LogP contribution in [0.3, 0.4) is 0 Å². The van der Waals surface area contributed by atoms with E-state index in [1.54, 1.807) is 22.9 Å². The molecule has 0 aliphatic rings. The maximum Gasteiger partial charge on any atom is 0.139 e. The molecule has 0 saturated heterocycles. The van der Waals surface area contributed by atoms with E-state index < -0.39 is 0 Å². The normalized spacial score (nSPS) is 10.7. The molecule has 18 heavy (non-hydrogen) atoms. The predicted octanol–water partition coefficient (Wildman–Crippen LogP) is 4.27. The van der Waals surface area contributed by atoms with Gasteiger partial charge in [-0.15, -0.1) is 0 Å². The lowest BCUT2D eigenvalue weighted by Gasteiger charge is -2.09. The zero-order valence-electron chi connectivity index (χ0n) is 9.88. The fraction of sp³-hybridized carbons (Fsp3) is 0.250. The zero-order chi connectivity index (χ0) is 13.3. The second-order valence-corrected chi connectivity index (χ2v) is 5.05. The van der Waals surface area contributed by atoms with Crippen molar-refractivity contribution >= 4 is 34.8 Å². The summed E-state index contributed by atoms with van der Waals surface area (Å²) in [5.41, 5.74) is 1.57. The molecule has 0 saturated carbocycles. The van der Waals surface area contributed by atoms with Gasteiger partial charge in [0.05, 0.1) is 21.4 Å². The summed E-state index contributed by atoms with van der Waals surface area (Å²) in [5.74, 6) is 0.527. The first kappa shape index (κ1) is 13.5. The number of rotatable bonds is 3. The quantitative estimate of drug-likeness (QED) is 0.847. The average molecular weight is 306 g/mol. The molecule has 2 rings (SSSR count). The van der Waals surface area contributed by atoms with Gasteiger partial charge in [-0.1, -0.05) is 34.8 Å². The molecule has 3 nitrogen and oxygen atoms in total. The lowest BCUT2D eigenvalue weighted by molar-refractivity contribution is 0.295. The number of hydrogen-bond donors (Lipinski definition) is 0. The van der Waals surface area contributed by atoms with Crippen LogP contribution in [0.4, 0.5) is 0 Å². The Morgan fingerprint density at radius 3 is 2.61 bits per heavy atom. The molecule has 1 aromatic carbocycles. The van der Waals surface area contributed by atoms with Crippen LogP contribution in [0.25, 0.3) is 0 Å². The summed E-state index contributed by atoms with van der Waals surface area (Å²) in [6, 6.07) is 5.06. The van der Waals surface area contributed by atoms with Crippen molar-refractivity contribution < 1.29 is 4.74 Å². The number of halogens is 3. The van der Waals surface area contributed by atoms with Crippen LogP contribution in [0, 0.1) is 6.92 Å². The minimum absolute atomic E-state index is 0.288. The van der Waals surface area contributed by atoms with Gasteiger partial charge in [0.1, 0.15) is 12.4 Å². The van der Waals surface area contributed by atoms with E-state index in [-0.39, 0.29) is 6.61 Å². The Kier molecular flexibility index (Phi) is 4.05. The van der Waals surface area contributed by atoms with Gasteiger partial charge in [-0.3, -0.25) is 4.68 Å². The molecule has 0 N–H and O–H groups in total. The van der Waals surface area contributed by atoms with Crippen molar-refractivity contribution in [2.24, 2.45) is 7.05 Å². The molecule has 0 amide bonds. The highest BCUT2D eigenvalue weighted by Gasteiger charge is 2.12. The SMILES string of the molecule is Cc1nn(C)c(COc2cc(Cl)ccc2Cl)c1Cl. The second-order valence-electron chi connectivity index (χ2n) is 3.83. The number of nitrogens with zero attached hydrogens (tertiary/aromatic N) is 2. The van der Waals surface area contributed by atoms with E-state index in [2.05, 4.69) is 5.10 Å². The van der Waals surface area contributed by atoms with E-state index in [9.17, 15) is 0 Å². The molecule has 6 heteroatoms. The van der Waals surface area contributed by atoms with Crippen molar-refractivity contribution in [1.29, 1.82) is 0 Å². The minimum atomic E-state index is 0.288. The van der Waals surface area contributed by atoms with Crippen LogP contribution < -0.4 is 4.74 Å². The van der Waals surface area contributed by atoms with E-state index in [1.165, 1.54) is 0 Å². The van der Waals surface area contributed by atoms with E-state index in [1.807, 2.05) is 14.0 Å². The summed E-state index contributed by atoms with van der Waals surface area (Å²) in [5, 5.41) is 5.90. The third kappa shape index (κ3) is 2.74. The standard InChI is InChI=1S/C12H11Cl3N2O/c1-7-12(15)10(17(2)16-7)6-18-11-5-8(13)3-4-9(11)14/h3-5H,6H2,1-2H3. The summed E-state index contributed by atoms with van der Waals surface area (Å²) < 4.78 is 7.31. The predicted molar refractivity (Wildman–Crippen MR) is 73.7 cm³/mol. The Labute approximate surface area is 120 Å². The smallest absolute Gasteiger partial charge is 0.139 e. The second kappa shape index (κ2) is 5.39. The van der Waals surface area contributed by atoms with Gasteiger partial charge in [0, 0.05) is 18.1 Å². The maximum atomic E-state index is 6.13. The van der Waals surface area contributed by atoms with Crippen LogP contribution in [0.5, 0.6) is 5.75 Å². The Balaban J connectivity index is 2.19. The summed E-state index contributed by atoms with van der Waals surface area (Å²) >= 11 is 18.0. The Morgan fingerprint density at radius 1 is 1.28 bits per heavy atom. The molecule has 0 radical (unpaired) electrons. The molecule has 0 aliphatic carbocycles. The van der Waals surface area contributed by atoms with E-state index in [4.69, 9.17) is 39.5 Å². The molecule has 0 fully saturated rings. The first-order chi connectivity index (χ1) is 8.49. The molecule has 1 aromatic heterocycles. The maximum absolute atomic E-state index is 6.13. The Morgan fingerprint density at radius 2 is 2.00 bits per heavy atom. The van der Waals surface area contributed by atoms with Crippen molar-refractivity contribution in [3.05, 3.63) is 44.7 Å². The minimum Gasteiger partial charge on any atom is -0.486 e. The van der Waals surface area contributed by atoms with Gasteiger partial charge in [-0.25, -0.2) is 0 Å². The average Bonchev–Trinajstić information content (AvgIpc) is 2.55. The fourth-order valence-electron chi connectivity index (χ4n) is 1.57. The highest BCUT2D eigenvalue weighted by molar-refractivity contribution is 6.34. The summed E-state index contributed by atoms with van der Waals surface area (Å²) in [6.07, 6.45) is 0. The van der Waals surface area contributed by atoms with Crippen LogP contribution in [-0.4, -0.2) is 9.78 Å². The van der Waals surface area contributed by atoms with Gasteiger partial charge in [0.25, 0.3) is 0 Å². The Hall–Kier alpha value is -0.900.